The predicted octanol–water partition coefficient (Wildman–Crippen LogP) is 1.95. The minimum absolute atomic E-state index is 0.277. The normalized spacial score (nSPS) is 18.6. The molecule has 1 unspecified atom stereocenters. The summed E-state index contributed by atoms with van der Waals surface area (Å²) in [6.07, 6.45) is 1.81. The van der Waals surface area contributed by atoms with Gasteiger partial charge in [-0.05, 0) is 24.5 Å². The van der Waals surface area contributed by atoms with Gasteiger partial charge in [0, 0.05) is 19.3 Å². The van der Waals surface area contributed by atoms with Crippen LogP contribution in [0.1, 0.15) is 31.3 Å². The number of hydrogen-bond acceptors (Lipinski definition) is 4. The number of aromatic nitrogens is 4. The summed E-state index contributed by atoms with van der Waals surface area (Å²) in [4.78, 5) is 4.46. The van der Waals surface area contributed by atoms with Crippen molar-refractivity contribution in [3.8, 4) is 11.5 Å². The van der Waals surface area contributed by atoms with Crippen LogP contribution in [0.25, 0.3) is 11.5 Å². The summed E-state index contributed by atoms with van der Waals surface area (Å²) in [7, 11) is 0. The van der Waals surface area contributed by atoms with E-state index in [0.29, 0.717) is 5.92 Å². The van der Waals surface area contributed by atoms with Crippen molar-refractivity contribution in [1.82, 2.24) is 25.1 Å². The summed E-state index contributed by atoms with van der Waals surface area (Å²) in [5.74, 6) is 2.42. The van der Waals surface area contributed by atoms with E-state index >= 15 is 0 Å². The third-order valence-electron chi connectivity index (χ3n) is 3.65. The lowest BCUT2D eigenvalue weighted by molar-refractivity contribution is 0.339. The highest BCUT2D eigenvalue weighted by molar-refractivity contribution is 5.54. The molecule has 3 heterocycles. The van der Waals surface area contributed by atoms with Gasteiger partial charge in [0.05, 0.1) is 6.04 Å². The Morgan fingerprint density at radius 1 is 1.37 bits per heavy atom. The van der Waals surface area contributed by atoms with Crippen molar-refractivity contribution in [2.24, 2.45) is 5.92 Å². The molecule has 0 spiro atoms. The Labute approximate surface area is 113 Å². The van der Waals surface area contributed by atoms with E-state index in [2.05, 4.69) is 51.9 Å². The fourth-order valence-corrected chi connectivity index (χ4v) is 2.62. The van der Waals surface area contributed by atoms with Crippen molar-refractivity contribution in [3.63, 3.8) is 0 Å². The van der Waals surface area contributed by atoms with Gasteiger partial charge < -0.3 is 9.88 Å². The molecule has 0 saturated heterocycles. The maximum absolute atomic E-state index is 4.46. The zero-order chi connectivity index (χ0) is 13.4. The number of hydrogen-bond donors (Lipinski definition) is 1. The highest BCUT2D eigenvalue weighted by Crippen LogP contribution is 2.27. The molecule has 100 valence electrons. The van der Waals surface area contributed by atoms with Gasteiger partial charge in [-0.25, -0.2) is 0 Å². The van der Waals surface area contributed by atoms with Gasteiger partial charge >= 0.3 is 0 Å². The number of nitrogens with one attached hydrogen (secondary N) is 1. The molecule has 0 saturated carbocycles. The molecule has 5 nitrogen and oxygen atoms in total. The van der Waals surface area contributed by atoms with E-state index in [1.54, 1.807) is 0 Å². The van der Waals surface area contributed by atoms with Crippen molar-refractivity contribution >= 4 is 0 Å². The van der Waals surface area contributed by atoms with Crippen molar-refractivity contribution in [1.29, 1.82) is 0 Å². The number of fused-ring (bicyclic) bond motifs is 1. The van der Waals surface area contributed by atoms with Gasteiger partial charge in [-0.3, -0.25) is 4.98 Å². The van der Waals surface area contributed by atoms with Crippen LogP contribution in [0, 0.1) is 12.8 Å². The van der Waals surface area contributed by atoms with Gasteiger partial charge in [0.2, 0.25) is 0 Å². The zero-order valence-corrected chi connectivity index (χ0v) is 11.6. The first-order valence-corrected chi connectivity index (χ1v) is 6.77. The molecule has 1 aliphatic rings. The average molecular weight is 257 g/mol. The monoisotopic (exact) mass is 257 g/mol. The SMILES string of the molecule is Cc1cccnc1-c1nnc2n1CCNC2C(C)C. The summed E-state index contributed by atoms with van der Waals surface area (Å²) < 4.78 is 2.20. The first-order chi connectivity index (χ1) is 9.18. The highest BCUT2D eigenvalue weighted by atomic mass is 15.3. The first kappa shape index (κ1) is 12.3. The average Bonchev–Trinajstić information content (AvgIpc) is 2.82. The van der Waals surface area contributed by atoms with Crippen LogP contribution in [0.5, 0.6) is 0 Å². The molecular weight excluding hydrogens is 238 g/mol. The molecule has 19 heavy (non-hydrogen) atoms. The van der Waals surface area contributed by atoms with Crippen LogP contribution in [-0.2, 0) is 6.54 Å². The fraction of sp³-hybridized carbons (Fsp3) is 0.500. The Morgan fingerprint density at radius 2 is 2.21 bits per heavy atom. The summed E-state index contributed by atoms with van der Waals surface area (Å²) >= 11 is 0. The van der Waals surface area contributed by atoms with Gasteiger partial charge in [-0.2, -0.15) is 0 Å². The lowest BCUT2D eigenvalue weighted by Crippen LogP contribution is -2.36. The van der Waals surface area contributed by atoms with Crippen molar-refractivity contribution in [3.05, 3.63) is 29.7 Å². The van der Waals surface area contributed by atoms with Crippen LogP contribution in [0.3, 0.4) is 0 Å². The zero-order valence-electron chi connectivity index (χ0n) is 11.6. The van der Waals surface area contributed by atoms with Gasteiger partial charge in [0.15, 0.2) is 11.6 Å². The minimum Gasteiger partial charge on any atom is -0.307 e. The number of pyridine rings is 1. The van der Waals surface area contributed by atoms with Gasteiger partial charge in [0.1, 0.15) is 5.69 Å². The second-order valence-electron chi connectivity index (χ2n) is 5.38. The Hall–Kier alpha value is -1.75. The van der Waals surface area contributed by atoms with Crippen LogP contribution in [-0.4, -0.2) is 26.3 Å². The Kier molecular flexibility index (Phi) is 3.06. The molecule has 0 aromatic carbocycles. The fourth-order valence-electron chi connectivity index (χ4n) is 2.62. The smallest absolute Gasteiger partial charge is 0.182 e. The van der Waals surface area contributed by atoms with Crippen molar-refractivity contribution < 1.29 is 0 Å². The number of nitrogens with zero attached hydrogens (tertiary/aromatic N) is 4. The number of aryl methyl sites for hydroxylation is 1. The standard InChI is InChI=1S/C14H19N5/c1-9(2)11-13-17-18-14(19(13)8-7-16-11)12-10(3)5-4-6-15-12/h4-6,9,11,16H,7-8H2,1-3H3. The van der Waals surface area contributed by atoms with Gasteiger partial charge in [-0.15, -0.1) is 10.2 Å². The molecule has 0 fully saturated rings. The molecule has 0 bridgehead atoms. The van der Waals surface area contributed by atoms with E-state index in [1.807, 2.05) is 12.3 Å². The lowest BCUT2D eigenvalue weighted by Gasteiger charge is -2.27. The Morgan fingerprint density at radius 3 is 2.95 bits per heavy atom. The van der Waals surface area contributed by atoms with Crippen LogP contribution < -0.4 is 5.32 Å². The summed E-state index contributed by atoms with van der Waals surface area (Å²) in [5, 5.41) is 12.3. The molecule has 2 aromatic rings. The quantitative estimate of drug-likeness (QED) is 0.893. The molecule has 0 aliphatic carbocycles. The van der Waals surface area contributed by atoms with E-state index in [4.69, 9.17) is 0 Å². The molecule has 1 aliphatic heterocycles. The third kappa shape index (κ3) is 2.04. The molecule has 0 radical (unpaired) electrons. The van der Waals surface area contributed by atoms with Crippen molar-refractivity contribution in [2.75, 3.05) is 6.54 Å². The highest BCUT2D eigenvalue weighted by Gasteiger charge is 2.28. The van der Waals surface area contributed by atoms with E-state index in [1.165, 1.54) is 0 Å². The predicted molar refractivity (Wildman–Crippen MR) is 73.6 cm³/mol. The largest absolute Gasteiger partial charge is 0.307 e. The van der Waals surface area contributed by atoms with Gasteiger partial charge in [0.25, 0.3) is 0 Å². The summed E-state index contributed by atoms with van der Waals surface area (Å²) in [6, 6.07) is 4.29. The number of rotatable bonds is 2. The van der Waals surface area contributed by atoms with Crippen LogP contribution >= 0.6 is 0 Å². The van der Waals surface area contributed by atoms with Crippen LogP contribution in [0.4, 0.5) is 0 Å². The Bertz CT molecular complexity index is 587. The van der Waals surface area contributed by atoms with E-state index in [9.17, 15) is 0 Å². The third-order valence-corrected chi connectivity index (χ3v) is 3.65. The minimum atomic E-state index is 0.277. The molecule has 0 amide bonds. The van der Waals surface area contributed by atoms with Crippen molar-refractivity contribution in [2.45, 2.75) is 33.4 Å². The summed E-state index contributed by atoms with van der Waals surface area (Å²) in [6.45, 7) is 8.32. The lowest BCUT2D eigenvalue weighted by atomic mass is 10.0. The molecular formula is C14H19N5. The molecule has 1 N–H and O–H groups in total. The maximum Gasteiger partial charge on any atom is 0.182 e. The van der Waals surface area contributed by atoms with Gasteiger partial charge in [-0.1, -0.05) is 19.9 Å². The van der Waals surface area contributed by atoms with E-state index < -0.39 is 0 Å². The van der Waals surface area contributed by atoms with Crippen LogP contribution in [0.2, 0.25) is 0 Å². The maximum atomic E-state index is 4.46. The second-order valence-corrected chi connectivity index (χ2v) is 5.38. The van der Waals surface area contributed by atoms with E-state index in [-0.39, 0.29) is 6.04 Å². The Balaban J connectivity index is 2.09. The molecule has 3 rings (SSSR count). The molecule has 2 aromatic heterocycles. The molecule has 5 heteroatoms. The van der Waals surface area contributed by atoms with Crippen LogP contribution in [0.15, 0.2) is 18.3 Å². The molecule has 1 atom stereocenters. The first-order valence-electron chi connectivity index (χ1n) is 6.77. The summed E-state index contributed by atoms with van der Waals surface area (Å²) in [5.41, 5.74) is 2.07. The van der Waals surface area contributed by atoms with E-state index in [0.717, 1.165) is 36.0 Å². The topological polar surface area (TPSA) is 55.6 Å². The second kappa shape index (κ2) is 4.74.